The van der Waals surface area contributed by atoms with Crippen LogP contribution in [0.3, 0.4) is 0 Å². The Morgan fingerprint density at radius 2 is 2.25 bits per heavy atom. The molecule has 1 atom stereocenters. The molecule has 8 heteroatoms. The van der Waals surface area contributed by atoms with Crippen LogP contribution in [-0.4, -0.2) is 42.8 Å². The van der Waals surface area contributed by atoms with Crippen molar-refractivity contribution in [2.24, 2.45) is 5.92 Å². The lowest BCUT2D eigenvalue weighted by Crippen LogP contribution is -2.37. The fourth-order valence-electron chi connectivity index (χ4n) is 3.37. The zero-order chi connectivity index (χ0) is 16.5. The Balaban J connectivity index is 1.58. The van der Waals surface area contributed by atoms with Gasteiger partial charge in [0, 0.05) is 38.2 Å². The summed E-state index contributed by atoms with van der Waals surface area (Å²) in [5.41, 5.74) is 1.04. The Kier molecular flexibility index (Phi) is 3.87. The lowest BCUT2D eigenvalue weighted by molar-refractivity contribution is 0.369. The van der Waals surface area contributed by atoms with Gasteiger partial charge in [-0.2, -0.15) is 19.6 Å². The first-order valence-electron chi connectivity index (χ1n) is 8.46. The Bertz CT molecular complexity index is 840. The highest BCUT2D eigenvalue weighted by Gasteiger charge is 2.24. The van der Waals surface area contributed by atoms with Crippen LogP contribution in [-0.2, 0) is 12.8 Å². The summed E-state index contributed by atoms with van der Waals surface area (Å²) in [6, 6.07) is 2.13. The van der Waals surface area contributed by atoms with Gasteiger partial charge in [-0.1, -0.05) is 12.1 Å². The molecule has 0 radical (unpaired) electrons. The van der Waals surface area contributed by atoms with Crippen LogP contribution in [0.4, 0.5) is 5.82 Å². The maximum atomic E-state index is 5.09. The topological polar surface area (TPSA) is 85.2 Å². The largest absolute Gasteiger partial charge is 0.356 e. The molecule has 4 rings (SSSR count). The molecule has 0 saturated carbocycles. The third-order valence-corrected chi connectivity index (χ3v) is 4.53. The number of anilines is 1. The molecule has 126 valence electrons. The molecule has 1 saturated heterocycles. The van der Waals surface area contributed by atoms with E-state index in [2.05, 4.69) is 43.1 Å². The van der Waals surface area contributed by atoms with Gasteiger partial charge in [0.1, 0.15) is 12.1 Å². The van der Waals surface area contributed by atoms with Gasteiger partial charge in [0.2, 0.25) is 5.89 Å². The quantitative estimate of drug-likeness (QED) is 0.722. The first-order chi connectivity index (χ1) is 11.7. The smallest absolute Gasteiger partial charge is 0.254 e. The van der Waals surface area contributed by atoms with E-state index in [9.17, 15) is 0 Å². The van der Waals surface area contributed by atoms with E-state index in [0.29, 0.717) is 17.6 Å². The number of rotatable bonds is 4. The van der Waals surface area contributed by atoms with Crippen LogP contribution in [0.25, 0.3) is 5.78 Å². The van der Waals surface area contributed by atoms with Crippen molar-refractivity contribution in [3.8, 4) is 0 Å². The van der Waals surface area contributed by atoms with Crippen molar-refractivity contribution >= 4 is 11.6 Å². The maximum Gasteiger partial charge on any atom is 0.254 e. The van der Waals surface area contributed by atoms with Gasteiger partial charge < -0.3 is 9.42 Å². The molecular formula is C16H21N7O. The summed E-state index contributed by atoms with van der Waals surface area (Å²) < 4.78 is 6.92. The van der Waals surface area contributed by atoms with Crippen molar-refractivity contribution in [1.29, 1.82) is 0 Å². The van der Waals surface area contributed by atoms with E-state index in [1.165, 1.54) is 6.42 Å². The average molecular weight is 327 g/mol. The van der Waals surface area contributed by atoms with Gasteiger partial charge in [0.15, 0.2) is 5.82 Å². The van der Waals surface area contributed by atoms with Crippen molar-refractivity contribution in [3.63, 3.8) is 0 Å². The van der Waals surface area contributed by atoms with Crippen LogP contribution in [0.15, 0.2) is 16.9 Å². The summed E-state index contributed by atoms with van der Waals surface area (Å²) in [6.07, 6.45) is 5.61. The minimum atomic E-state index is 0.507. The second-order valence-electron chi connectivity index (χ2n) is 6.32. The summed E-state index contributed by atoms with van der Waals surface area (Å²) in [5, 5.41) is 8.38. The van der Waals surface area contributed by atoms with Crippen molar-refractivity contribution in [2.45, 2.75) is 39.5 Å². The number of hydrogen-bond donors (Lipinski definition) is 0. The lowest BCUT2D eigenvalue weighted by atomic mass is 9.94. The Morgan fingerprint density at radius 3 is 3.04 bits per heavy atom. The highest BCUT2D eigenvalue weighted by Crippen LogP contribution is 2.25. The molecule has 1 aliphatic heterocycles. The predicted molar refractivity (Wildman–Crippen MR) is 87.8 cm³/mol. The fraction of sp³-hybridized carbons (Fsp3) is 0.562. The van der Waals surface area contributed by atoms with E-state index in [1.807, 2.05) is 11.4 Å². The maximum absolute atomic E-state index is 5.09. The number of aromatic nitrogens is 6. The number of hydrogen-bond acceptors (Lipinski definition) is 7. The third kappa shape index (κ3) is 2.83. The molecule has 8 nitrogen and oxygen atoms in total. The summed E-state index contributed by atoms with van der Waals surface area (Å²) in [7, 11) is 0. The molecule has 1 fully saturated rings. The van der Waals surface area contributed by atoms with E-state index in [1.54, 1.807) is 6.33 Å². The number of fused-ring (bicyclic) bond motifs is 1. The monoisotopic (exact) mass is 327 g/mol. The SMILES string of the molecule is CCc1cc(N2CCCC(Cc3noc(C)n3)C2)n2ncnc2n1. The van der Waals surface area contributed by atoms with Crippen LogP contribution in [0.5, 0.6) is 0 Å². The molecule has 24 heavy (non-hydrogen) atoms. The van der Waals surface area contributed by atoms with E-state index < -0.39 is 0 Å². The molecule has 0 spiro atoms. The molecule has 0 aliphatic carbocycles. The van der Waals surface area contributed by atoms with Crippen molar-refractivity contribution in [3.05, 3.63) is 29.8 Å². The summed E-state index contributed by atoms with van der Waals surface area (Å²) >= 11 is 0. The van der Waals surface area contributed by atoms with Crippen LogP contribution in [0, 0.1) is 12.8 Å². The summed E-state index contributed by atoms with van der Waals surface area (Å²) in [5.74, 6) is 3.68. The van der Waals surface area contributed by atoms with E-state index in [0.717, 1.165) is 49.7 Å². The Morgan fingerprint density at radius 1 is 1.33 bits per heavy atom. The standard InChI is InChI=1S/C16H21N7O/c1-3-13-8-15(23-16(20-13)17-10-18-23)22-6-4-5-12(9-22)7-14-19-11(2)24-21-14/h8,10,12H,3-7,9H2,1-2H3. The molecule has 4 heterocycles. The molecule has 3 aromatic rings. The second-order valence-corrected chi connectivity index (χ2v) is 6.32. The van der Waals surface area contributed by atoms with Crippen molar-refractivity contribution < 1.29 is 4.52 Å². The van der Waals surface area contributed by atoms with Crippen LogP contribution >= 0.6 is 0 Å². The van der Waals surface area contributed by atoms with Gasteiger partial charge in [-0.15, -0.1) is 0 Å². The molecular weight excluding hydrogens is 306 g/mol. The zero-order valence-electron chi connectivity index (χ0n) is 14.0. The van der Waals surface area contributed by atoms with E-state index in [-0.39, 0.29) is 0 Å². The summed E-state index contributed by atoms with van der Waals surface area (Å²) in [4.78, 5) is 15.5. The van der Waals surface area contributed by atoms with Gasteiger partial charge in [-0.25, -0.2) is 4.98 Å². The van der Waals surface area contributed by atoms with Crippen LogP contribution < -0.4 is 4.90 Å². The van der Waals surface area contributed by atoms with Crippen molar-refractivity contribution in [2.75, 3.05) is 18.0 Å². The second kappa shape index (κ2) is 6.18. The minimum Gasteiger partial charge on any atom is -0.356 e. The Labute approximate surface area is 139 Å². The van der Waals surface area contributed by atoms with Crippen LogP contribution in [0.1, 0.15) is 37.2 Å². The molecule has 0 amide bonds. The van der Waals surface area contributed by atoms with Gasteiger partial charge in [0.05, 0.1) is 0 Å². The molecule has 3 aromatic heterocycles. The highest BCUT2D eigenvalue weighted by molar-refractivity contribution is 5.47. The molecule has 0 N–H and O–H groups in total. The van der Waals surface area contributed by atoms with Gasteiger partial charge in [0.25, 0.3) is 5.78 Å². The van der Waals surface area contributed by atoms with E-state index >= 15 is 0 Å². The van der Waals surface area contributed by atoms with E-state index in [4.69, 9.17) is 4.52 Å². The number of nitrogens with zero attached hydrogens (tertiary/aromatic N) is 7. The van der Waals surface area contributed by atoms with Gasteiger partial charge in [-0.3, -0.25) is 0 Å². The molecule has 0 bridgehead atoms. The lowest BCUT2D eigenvalue weighted by Gasteiger charge is -2.34. The normalized spacial score (nSPS) is 18.4. The third-order valence-electron chi connectivity index (χ3n) is 4.53. The summed E-state index contributed by atoms with van der Waals surface area (Å²) in [6.45, 7) is 5.91. The molecule has 0 aromatic carbocycles. The number of aryl methyl sites for hydroxylation is 2. The minimum absolute atomic E-state index is 0.507. The van der Waals surface area contributed by atoms with Gasteiger partial charge >= 0.3 is 0 Å². The van der Waals surface area contributed by atoms with Crippen LogP contribution in [0.2, 0.25) is 0 Å². The first kappa shape index (κ1) is 15.0. The van der Waals surface area contributed by atoms with Crippen molar-refractivity contribution in [1.82, 2.24) is 29.7 Å². The Hall–Kier alpha value is -2.51. The molecule has 1 aliphatic rings. The predicted octanol–water partition coefficient (Wildman–Crippen LogP) is 1.84. The molecule has 1 unspecified atom stereocenters. The first-order valence-corrected chi connectivity index (χ1v) is 8.46. The zero-order valence-corrected chi connectivity index (χ0v) is 14.0. The fourth-order valence-corrected chi connectivity index (χ4v) is 3.37. The number of piperidine rings is 1. The highest BCUT2D eigenvalue weighted by atomic mass is 16.5. The van der Waals surface area contributed by atoms with Gasteiger partial charge in [-0.05, 0) is 25.2 Å². The average Bonchev–Trinajstić information content (AvgIpc) is 3.22.